The number of non-ortho nitro benzene ring substituents is 1. The molecule has 7 heteroatoms. The Balaban J connectivity index is 2.10. The Hall–Kier alpha value is -3.74. The van der Waals surface area contributed by atoms with Gasteiger partial charge in [-0.3, -0.25) is 10.1 Å². The van der Waals surface area contributed by atoms with Gasteiger partial charge in [0.2, 0.25) is 0 Å². The number of carbonyl (C=O) groups is 1. The van der Waals surface area contributed by atoms with Crippen LogP contribution in [-0.4, -0.2) is 18.0 Å². The van der Waals surface area contributed by atoms with E-state index in [0.717, 1.165) is 13.2 Å². The largest absolute Gasteiger partial charge is 0.480 e. The van der Waals surface area contributed by atoms with Crippen molar-refractivity contribution in [3.63, 3.8) is 0 Å². The fraction of sp³-hybridized carbons (Fsp3) is 0.0952. The average Bonchev–Trinajstić information content (AvgIpc) is 2.72. The van der Waals surface area contributed by atoms with Gasteiger partial charge in [-0.15, -0.1) is 0 Å². The van der Waals surface area contributed by atoms with Crippen molar-refractivity contribution >= 4 is 11.7 Å². The van der Waals surface area contributed by atoms with Gasteiger partial charge in [-0.05, 0) is 17.7 Å². The summed E-state index contributed by atoms with van der Waals surface area (Å²) in [6.45, 7) is 0. The number of esters is 1. The van der Waals surface area contributed by atoms with Crippen LogP contribution in [0.4, 0.5) is 10.1 Å². The van der Waals surface area contributed by atoms with E-state index >= 15 is 0 Å². The third-order valence-electron chi connectivity index (χ3n) is 4.11. The summed E-state index contributed by atoms with van der Waals surface area (Å²) in [7, 11) is 1.16. The van der Waals surface area contributed by atoms with Gasteiger partial charge in [-0.25, -0.2) is 9.18 Å². The number of nitro groups is 1. The van der Waals surface area contributed by atoms with Crippen LogP contribution >= 0.6 is 0 Å². The molecule has 0 bridgehead atoms. The minimum absolute atomic E-state index is 0.0505. The number of nitrogens with zero attached hydrogens (tertiary/aromatic N) is 1. The number of hydrogen-bond acceptors (Lipinski definition) is 5. The quantitative estimate of drug-likeness (QED) is 0.352. The van der Waals surface area contributed by atoms with Gasteiger partial charge in [0.15, 0.2) is 6.10 Å². The van der Waals surface area contributed by atoms with E-state index in [1.165, 1.54) is 18.2 Å². The molecule has 1 unspecified atom stereocenters. The lowest BCUT2D eigenvalue weighted by molar-refractivity contribution is -0.384. The fourth-order valence-corrected chi connectivity index (χ4v) is 2.76. The molecule has 0 aliphatic heterocycles. The Morgan fingerprint density at radius 1 is 1.04 bits per heavy atom. The van der Waals surface area contributed by atoms with E-state index in [1.807, 2.05) is 6.07 Å². The van der Waals surface area contributed by atoms with Crippen molar-refractivity contribution in [2.75, 3.05) is 7.11 Å². The van der Waals surface area contributed by atoms with Crippen LogP contribution in [0.2, 0.25) is 0 Å². The van der Waals surface area contributed by atoms with Crippen LogP contribution in [-0.2, 0) is 4.74 Å². The zero-order valence-corrected chi connectivity index (χ0v) is 14.9. The molecule has 0 amide bonds. The third-order valence-corrected chi connectivity index (χ3v) is 4.11. The van der Waals surface area contributed by atoms with Gasteiger partial charge in [-0.1, -0.05) is 48.5 Å². The lowest BCUT2D eigenvalue weighted by Crippen LogP contribution is -2.14. The molecule has 1 atom stereocenters. The molecule has 3 aromatic carbocycles. The van der Waals surface area contributed by atoms with Crippen molar-refractivity contribution in [2.45, 2.75) is 6.10 Å². The molecule has 3 rings (SSSR count). The molecule has 3 aromatic rings. The van der Waals surface area contributed by atoms with Gasteiger partial charge >= 0.3 is 5.97 Å². The first-order valence-electron chi connectivity index (χ1n) is 8.34. The molecule has 6 nitrogen and oxygen atoms in total. The van der Waals surface area contributed by atoms with Crippen molar-refractivity contribution in [1.29, 1.82) is 0 Å². The first-order chi connectivity index (χ1) is 13.5. The van der Waals surface area contributed by atoms with E-state index in [2.05, 4.69) is 0 Å². The van der Waals surface area contributed by atoms with Crippen molar-refractivity contribution in [2.24, 2.45) is 0 Å². The van der Waals surface area contributed by atoms with Crippen LogP contribution in [0.5, 0.6) is 5.75 Å². The summed E-state index contributed by atoms with van der Waals surface area (Å²) in [6.07, 6.45) is -0.868. The van der Waals surface area contributed by atoms with Gasteiger partial charge < -0.3 is 9.47 Å². The maximum absolute atomic E-state index is 14.5. The number of halogens is 1. The van der Waals surface area contributed by atoms with E-state index in [4.69, 9.17) is 9.47 Å². The highest BCUT2D eigenvalue weighted by Crippen LogP contribution is 2.33. The Bertz CT molecular complexity index is 1010. The maximum atomic E-state index is 14.5. The van der Waals surface area contributed by atoms with Gasteiger partial charge in [0.05, 0.1) is 12.0 Å². The topological polar surface area (TPSA) is 78.7 Å². The lowest BCUT2D eigenvalue weighted by atomic mass is 10.0. The highest BCUT2D eigenvalue weighted by atomic mass is 19.1. The lowest BCUT2D eigenvalue weighted by Gasteiger charge is -2.22. The van der Waals surface area contributed by atoms with Crippen LogP contribution in [0, 0.1) is 15.9 Å². The first-order valence-corrected chi connectivity index (χ1v) is 8.34. The molecule has 0 fully saturated rings. The maximum Gasteiger partial charge on any atom is 0.341 e. The van der Waals surface area contributed by atoms with Gasteiger partial charge in [0, 0.05) is 17.7 Å². The van der Waals surface area contributed by atoms with E-state index < -0.39 is 22.8 Å². The molecule has 0 N–H and O–H groups in total. The van der Waals surface area contributed by atoms with E-state index in [9.17, 15) is 19.3 Å². The number of carbonyl (C=O) groups excluding carboxylic acids is 1. The SMILES string of the molecule is COC(=O)c1cc([N+](=O)[O-])ccc1OC(c1ccccc1)c1ccccc1F. The van der Waals surface area contributed by atoms with Gasteiger partial charge in [0.1, 0.15) is 17.1 Å². The van der Waals surface area contributed by atoms with Gasteiger partial charge in [-0.2, -0.15) is 0 Å². The minimum atomic E-state index is -0.868. The summed E-state index contributed by atoms with van der Waals surface area (Å²) < 4.78 is 25.2. The van der Waals surface area contributed by atoms with Crippen molar-refractivity contribution in [1.82, 2.24) is 0 Å². The van der Waals surface area contributed by atoms with E-state index in [0.29, 0.717) is 5.56 Å². The summed E-state index contributed by atoms with van der Waals surface area (Å²) >= 11 is 0. The van der Waals surface area contributed by atoms with Gasteiger partial charge in [0.25, 0.3) is 5.69 Å². The van der Waals surface area contributed by atoms with Crippen LogP contribution in [0.3, 0.4) is 0 Å². The first kappa shape index (κ1) is 19.0. The molecule has 0 spiro atoms. The zero-order chi connectivity index (χ0) is 20.1. The number of ether oxygens (including phenoxy) is 2. The third kappa shape index (κ3) is 3.98. The number of hydrogen-bond donors (Lipinski definition) is 0. The molecule has 0 heterocycles. The highest BCUT2D eigenvalue weighted by Gasteiger charge is 2.24. The predicted molar refractivity (Wildman–Crippen MR) is 99.7 cm³/mol. The van der Waals surface area contributed by atoms with Crippen LogP contribution < -0.4 is 4.74 Å². The summed E-state index contributed by atoms with van der Waals surface area (Å²) in [5.74, 6) is -1.22. The molecule has 0 aliphatic rings. The molecule has 0 aromatic heterocycles. The summed E-state index contributed by atoms with van der Waals surface area (Å²) in [5, 5.41) is 11.0. The van der Waals surface area contributed by atoms with Crippen LogP contribution in [0.15, 0.2) is 72.8 Å². The molecule has 28 heavy (non-hydrogen) atoms. The highest BCUT2D eigenvalue weighted by molar-refractivity contribution is 5.93. The minimum Gasteiger partial charge on any atom is -0.480 e. The molecule has 0 radical (unpaired) electrons. The van der Waals surface area contributed by atoms with Crippen LogP contribution in [0.25, 0.3) is 0 Å². The Morgan fingerprint density at radius 2 is 1.71 bits per heavy atom. The predicted octanol–water partition coefficient (Wildman–Crippen LogP) is 4.69. The second-order valence-electron chi connectivity index (χ2n) is 5.86. The average molecular weight is 381 g/mol. The van der Waals surface area contributed by atoms with Crippen LogP contribution in [0.1, 0.15) is 27.6 Å². The smallest absolute Gasteiger partial charge is 0.341 e. The molecule has 0 saturated carbocycles. The second kappa shape index (κ2) is 8.30. The zero-order valence-electron chi connectivity index (χ0n) is 14.9. The number of methoxy groups -OCH3 is 1. The fourth-order valence-electron chi connectivity index (χ4n) is 2.76. The van der Waals surface area contributed by atoms with Crippen molar-refractivity contribution in [3.05, 3.63) is 105 Å². The molecular formula is C21H16FNO5. The van der Waals surface area contributed by atoms with E-state index in [-0.39, 0.29) is 22.6 Å². The Morgan fingerprint density at radius 3 is 2.36 bits per heavy atom. The van der Waals surface area contributed by atoms with E-state index in [1.54, 1.807) is 42.5 Å². The number of benzene rings is 3. The Kier molecular flexibility index (Phi) is 5.64. The Labute approximate surface area is 160 Å². The molecule has 0 saturated heterocycles. The number of rotatable bonds is 6. The molecule has 142 valence electrons. The summed E-state index contributed by atoms with van der Waals surface area (Å²) in [4.78, 5) is 22.6. The monoisotopic (exact) mass is 381 g/mol. The second-order valence-corrected chi connectivity index (χ2v) is 5.86. The standard InChI is InChI=1S/C21H16FNO5/c1-27-21(24)17-13-15(23(25)26)11-12-19(17)28-20(14-7-3-2-4-8-14)16-9-5-6-10-18(16)22/h2-13,20H,1H3. The summed E-state index contributed by atoms with van der Waals surface area (Å²) in [6, 6.07) is 18.6. The summed E-state index contributed by atoms with van der Waals surface area (Å²) in [5.41, 5.74) is 0.522. The number of nitro benzene ring substituents is 1. The molecular weight excluding hydrogens is 365 g/mol. The van der Waals surface area contributed by atoms with Crippen molar-refractivity contribution < 1.29 is 23.6 Å². The van der Waals surface area contributed by atoms with Crippen molar-refractivity contribution in [3.8, 4) is 5.75 Å². The normalized spacial score (nSPS) is 11.5. The molecule has 0 aliphatic carbocycles.